The Bertz CT molecular complexity index is 590. The molecule has 0 saturated carbocycles. The first-order valence-electron chi connectivity index (χ1n) is 9.54. The molecular weight excluding hydrogens is 298 g/mol. The third kappa shape index (κ3) is 3.04. The van der Waals surface area contributed by atoms with Crippen LogP contribution in [0.4, 0.5) is 5.69 Å². The van der Waals surface area contributed by atoms with Crippen molar-refractivity contribution in [2.75, 3.05) is 44.2 Å². The fraction of sp³-hybridized carbons (Fsp3) is 0.650. The first kappa shape index (κ1) is 15.9. The highest BCUT2D eigenvalue weighted by Gasteiger charge is 2.33. The molecule has 1 N–H and O–H groups in total. The van der Waals surface area contributed by atoms with Gasteiger partial charge in [-0.15, -0.1) is 0 Å². The second kappa shape index (κ2) is 6.75. The lowest BCUT2D eigenvalue weighted by atomic mass is 9.87. The minimum Gasteiger partial charge on any atom is -0.371 e. The number of likely N-dealkylation sites (tertiary alicyclic amines) is 1. The summed E-state index contributed by atoms with van der Waals surface area (Å²) in [7, 11) is 0. The number of carbonyl (C=O) groups is 1. The van der Waals surface area contributed by atoms with E-state index in [0.717, 1.165) is 58.0 Å². The molecule has 4 nitrogen and oxygen atoms in total. The van der Waals surface area contributed by atoms with Gasteiger partial charge >= 0.3 is 0 Å². The fourth-order valence-corrected chi connectivity index (χ4v) is 4.40. The van der Waals surface area contributed by atoms with E-state index in [4.69, 9.17) is 0 Å². The number of piperidine rings is 1. The van der Waals surface area contributed by atoms with Crippen molar-refractivity contribution >= 4 is 11.6 Å². The van der Waals surface area contributed by atoms with E-state index in [0.29, 0.717) is 11.8 Å². The first-order chi connectivity index (χ1) is 11.7. The van der Waals surface area contributed by atoms with Gasteiger partial charge in [0.2, 0.25) is 5.91 Å². The van der Waals surface area contributed by atoms with E-state index in [1.54, 1.807) is 0 Å². The second-order valence-corrected chi connectivity index (χ2v) is 7.80. The Morgan fingerprint density at radius 2 is 1.96 bits per heavy atom. The quantitative estimate of drug-likeness (QED) is 0.920. The number of benzene rings is 1. The summed E-state index contributed by atoms with van der Waals surface area (Å²) in [5, 5.41) is 3.28. The third-order valence-electron chi connectivity index (χ3n) is 6.30. The summed E-state index contributed by atoms with van der Waals surface area (Å²) < 4.78 is 0. The highest BCUT2D eigenvalue weighted by atomic mass is 16.2. The van der Waals surface area contributed by atoms with Crippen LogP contribution in [0.25, 0.3) is 0 Å². The molecule has 1 unspecified atom stereocenters. The molecule has 0 aromatic heterocycles. The van der Waals surface area contributed by atoms with Gasteiger partial charge < -0.3 is 15.1 Å². The molecule has 1 aromatic carbocycles. The Labute approximate surface area is 145 Å². The van der Waals surface area contributed by atoms with E-state index in [1.807, 2.05) is 0 Å². The van der Waals surface area contributed by atoms with Crippen LogP contribution in [-0.4, -0.2) is 50.1 Å². The number of amides is 1. The van der Waals surface area contributed by atoms with Crippen LogP contribution in [0.15, 0.2) is 24.3 Å². The molecule has 1 atom stereocenters. The molecule has 0 aliphatic carbocycles. The maximum Gasteiger partial charge on any atom is 0.225 e. The van der Waals surface area contributed by atoms with Crippen molar-refractivity contribution in [2.45, 2.75) is 26.2 Å². The normalized spacial score (nSPS) is 23.0. The van der Waals surface area contributed by atoms with E-state index in [2.05, 4.69) is 46.3 Å². The molecule has 0 bridgehead atoms. The van der Waals surface area contributed by atoms with Gasteiger partial charge in [0, 0.05) is 37.8 Å². The van der Waals surface area contributed by atoms with Crippen LogP contribution in [0.2, 0.25) is 0 Å². The summed E-state index contributed by atoms with van der Waals surface area (Å²) in [5.74, 6) is 1.84. The summed E-state index contributed by atoms with van der Waals surface area (Å²) in [4.78, 5) is 17.3. The predicted octanol–water partition coefficient (Wildman–Crippen LogP) is 2.14. The minimum atomic E-state index is 0.188. The minimum absolute atomic E-state index is 0.188. The van der Waals surface area contributed by atoms with E-state index in [9.17, 15) is 4.79 Å². The average molecular weight is 327 g/mol. The molecule has 4 rings (SSSR count). The molecule has 24 heavy (non-hydrogen) atoms. The molecule has 2 saturated heterocycles. The van der Waals surface area contributed by atoms with Gasteiger partial charge in [0.15, 0.2) is 0 Å². The monoisotopic (exact) mass is 327 g/mol. The lowest BCUT2D eigenvalue weighted by molar-refractivity contribution is -0.138. The van der Waals surface area contributed by atoms with Gasteiger partial charge in [-0.25, -0.2) is 0 Å². The van der Waals surface area contributed by atoms with Crippen molar-refractivity contribution in [3.05, 3.63) is 29.8 Å². The molecule has 1 aromatic rings. The Hall–Kier alpha value is -1.55. The van der Waals surface area contributed by atoms with Crippen molar-refractivity contribution in [3.8, 4) is 0 Å². The predicted molar refractivity (Wildman–Crippen MR) is 97.2 cm³/mol. The van der Waals surface area contributed by atoms with Gasteiger partial charge in [-0.1, -0.05) is 25.1 Å². The molecule has 2 fully saturated rings. The van der Waals surface area contributed by atoms with Gasteiger partial charge in [-0.05, 0) is 55.8 Å². The van der Waals surface area contributed by atoms with Gasteiger partial charge in [-0.3, -0.25) is 4.79 Å². The number of rotatable bonds is 4. The van der Waals surface area contributed by atoms with Crippen molar-refractivity contribution in [3.63, 3.8) is 0 Å². The van der Waals surface area contributed by atoms with Gasteiger partial charge in [0.1, 0.15) is 0 Å². The SMILES string of the molecule is CC(C(=O)N1CCC(CN2CCc3ccccc32)CC1)C1CNC1. The summed E-state index contributed by atoms with van der Waals surface area (Å²) in [5.41, 5.74) is 2.93. The maximum atomic E-state index is 12.6. The second-order valence-electron chi connectivity index (χ2n) is 7.80. The Morgan fingerprint density at radius 3 is 2.67 bits per heavy atom. The zero-order chi connectivity index (χ0) is 16.5. The van der Waals surface area contributed by atoms with Gasteiger partial charge in [-0.2, -0.15) is 0 Å². The largest absolute Gasteiger partial charge is 0.371 e. The number of fused-ring (bicyclic) bond motifs is 1. The first-order valence-corrected chi connectivity index (χ1v) is 9.54. The van der Waals surface area contributed by atoms with Crippen molar-refractivity contribution in [1.29, 1.82) is 0 Å². The molecule has 4 heteroatoms. The van der Waals surface area contributed by atoms with E-state index >= 15 is 0 Å². The highest BCUT2D eigenvalue weighted by molar-refractivity contribution is 5.79. The fourth-order valence-electron chi connectivity index (χ4n) is 4.40. The van der Waals surface area contributed by atoms with Crippen LogP contribution < -0.4 is 10.2 Å². The summed E-state index contributed by atoms with van der Waals surface area (Å²) in [6.45, 7) is 8.34. The number of nitrogens with one attached hydrogen (secondary N) is 1. The Balaban J connectivity index is 1.28. The molecule has 0 spiro atoms. The number of hydrogen-bond donors (Lipinski definition) is 1. The zero-order valence-corrected chi connectivity index (χ0v) is 14.7. The number of nitrogens with zero attached hydrogens (tertiary/aromatic N) is 2. The highest BCUT2D eigenvalue weighted by Crippen LogP contribution is 2.30. The summed E-state index contributed by atoms with van der Waals surface area (Å²) in [6, 6.07) is 8.81. The topological polar surface area (TPSA) is 35.6 Å². The van der Waals surface area contributed by atoms with Crippen molar-refractivity contribution < 1.29 is 4.79 Å². The molecule has 130 valence electrons. The van der Waals surface area contributed by atoms with E-state index in [-0.39, 0.29) is 5.92 Å². The number of hydrogen-bond acceptors (Lipinski definition) is 3. The van der Waals surface area contributed by atoms with Crippen molar-refractivity contribution in [2.24, 2.45) is 17.8 Å². The number of para-hydroxylation sites is 1. The Kier molecular flexibility index (Phi) is 4.49. The number of carbonyl (C=O) groups excluding carboxylic acids is 1. The van der Waals surface area contributed by atoms with Crippen LogP contribution in [0, 0.1) is 17.8 Å². The van der Waals surface area contributed by atoms with Gasteiger partial charge in [0.05, 0.1) is 0 Å². The summed E-state index contributed by atoms with van der Waals surface area (Å²) >= 11 is 0. The zero-order valence-electron chi connectivity index (χ0n) is 14.7. The average Bonchev–Trinajstić information content (AvgIpc) is 2.96. The molecule has 3 heterocycles. The Morgan fingerprint density at radius 1 is 1.21 bits per heavy atom. The van der Waals surface area contributed by atoms with E-state index < -0.39 is 0 Å². The molecule has 3 aliphatic heterocycles. The smallest absolute Gasteiger partial charge is 0.225 e. The van der Waals surface area contributed by atoms with Gasteiger partial charge in [0.25, 0.3) is 0 Å². The lowest BCUT2D eigenvalue weighted by Crippen LogP contribution is -2.51. The van der Waals surface area contributed by atoms with E-state index in [1.165, 1.54) is 17.7 Å². The number of anilines is 1. The lowest BCUT2D eigenvalue weighted by Gasteiger charge is -2.39. The van der Waals surface area contributed by atoms with Crippen LogP contribution in [-0.2, 0) is 11.2 Å². The standard InChI is InChI=1S/C20H29N3O/c1-15(18-12-21-13-18)20(24)22-9-6-16(7-10-22)14-23-11-8-17-4-2-3-5-19(17)23/h2-5,15-16,18,21H,6-14H2,1H3. The maximum absolute atomic E-state index is 12.6. The third-order valence-corrected chi connectivity index (χ3v) is 6.30. The molecule has 0 radical (unpaired) electrons. The molecular formula is C20H29N3O. The van der Waals surface area contributed by atoms with Crippen LogP contribution in [0.5, 0.6) is 0 Å². The van der Waals surface area contributed by atoms with Crippen molar-refractivity contribution in [1.82, 2.24) is 10.2 Å². The van der Waals surface area contributed by atoms with Crippen LogP contribution in [0.1, 0.15) is 25.3 Å². The van der Waals surface area contributed by atoms with Crippen LogP contribution in [0.3, 0.4) is 0 Å². The summed E-state index contributed by atoms with van der Waals surface area (Å²) in [6.07, 6.45) is 3.49. The molecule has 3 aliphatic rings. The van der Waals surface area contributed by atoms with Crippen LogP contribution >= 0.6 is 0 Å². The molecule has 1 amide bonds.